The molecule has 150 valence electrons. The molecule has 5 rings (SSSR count). The van der Waals surface area contributed by atoms with E-state index in [1.807, 2.05) is 42.5 Å². The summed E-state index contributed by atoms with van der Waals surface area (Å²) in [5, 5.41) is 15.2. The van der Waals surface area contributed by atoms with Crippen LogP contribution in [0.25, 0.3) is 21.5 Å². The molecule has 0 aliphatic heterocycles. The van der Waals surface area contributed by atoms with Crippen molar-refractivity contribution in [2.75, 3.05) is 5.32 Å². The predicted octanol–water partition coefficient (Wildman–Crippen LogP) is 5.19. The molecular weight excluding hydrogens is 410 g/mol. The molecule has 0 unspecified atom stereocenters. The Hall–Kier alpha value is -4.17. The van der Waals surface area contributed by atoms with E-state index in [-0.39, 0.29) is 5.91 Å². The predicted molar refractivity (Wildman–Crippen MR) is 119 cm³/mol. The summed E-state index contributed by atoms with van der Waals surface area (Å²) in [4.78, 5) is 21.2. The highest BCUT2D eigenvalue weighted by atomic mass is 32.1. The van der Waals surface area contributed by atoms with Gasteiger partial charge in [0.05, 0.1) is 11.9 Å². The van der Waals surface area contributed by atoms with Gasteiger partial charge in [0.15, 0.2) is 0 Å². The van der Waals surface area contributed by atoms with E-state index in [4.69, 9.17) is 4.74 Å². The van der Waals surface area contributed by atoms with Crippen molar-refractivity contribution in [1.29, 1.82) is 0 Å². The number of carbonyl (C=O) groups is 1. The Morgan fingerprint density at radius 1 is 0.968 bits per heavy atom. The van der Waals surface area contributed by atoms with E-state index in [1.54, 1.807) is 42.0 Å². The van der Waals surface area contributed by atoms with Crippen molar-refractivity contribution in [2.24, 2.45) is 0 Å². The lowest BCUT2D eigenvalue weighted by Gasteiger charge is -2.08. The number of hydrogen-bond donors (Lipinski definition) is 1. The second-order valence-corrected chi connectivity index (χ2v) is 7.43. The van der Waals surface area contributed by atoms with Gasteiger partial charge in [-0.15, -0.1) is 16.4 Å². The van der Waals surface area contributed by atoms with E-state index < -0.39 is 0 Å². The Kier molecular flexibility index (Phi) is 5.04. The first-order valence-electron chi connectivity index (χ1n) is 9.43. The normalized spacial score (nSPS) is 10.7. The molecular formula is C23H15N5O2S. The molecule has 0 saturated carbocycles. The Bertz CT molecular complexity index is 1350. The molecule has 0 fully saturated rings. The van der Waals surface area contributed by atoms with Crippen LogP contribution in [0.5, 0.6) is 11.6 Å². The van der Waals surface area contributed by atoms with Crippen LogP contribution >= 0.6 is 11.3 Å². The van der Waals surface area contributed by atoms with E-state index in [1.165, 1.54) is 11.3 Å². The third-order valence-electron chi connectivity index (χ3n) is 4.48. The molecule has 0 spiro atoms. The van der Waals surface area contributed by atoms with Crippen LogP contribution in [0.3, 0.4) is 0 Å². The van der Waals surface area contributed by atoms with Crippen LogP contribution < -0.4 is 10.1 Å². The number of pyridine rings is 1. The van der Waals surface area contributed by atoms with E-state index in [0.29, 0.717) is 28.0 Å². The van der Waals surface area contributed by atoms with Crippen LogP contribution in [0.4, 0.5) is 5.69 Å². The van der Waals surface area contributed by atoms with Crippen molar-refractivity contribution in [3.8, 4) is 22.3 Å². The smallest absolute Gasteiger partial charge is 0.275 e. The zero-order valence-electron chi connectivity index (χ0n) is 16.1. The number of amides is 1. The molecule has 3 aromatic heterocycles. The molecule has 8 heteroatoms. The van der Waals surface area contributed by atoms with Crippen LogP contribution in [0, 0.1) is 0 Å². The van der Waals surface area contributed by atoms with Crippen LogP contribution in [-0.2, 0) is 0 Å². The van der Waals surface area contributed by atoms with E-state index >= 15 is 0 Å². The van der Waals surface area contributed by atoms with Gasteiger partial charge in [0.1, 0.15) is 16.5 Å². The summed E-state index contributed by atoms with van der Waals surface area (Å²) in [6.45, 7) is 0. The highest BCUT2D eigenvalue weighted by Gasteiger charge is 2.13. The Morgan fingerprint density at radius 3 is 2.65 bits per heavy atom. The van der Waals surface area contributed by atoms with Crippen LogP contribution in [0.15, 0.2) is 84.5 Å². The number of anilines is 1. The fourth-order valence-corrected chi connectivity index (χ4v) is 3.75. The second kappa shape index (κ2) is 8.29. The van der Waals surface area contributed by atoms with Crippen molar-refractivity contribution in [3.05, 3.63) is 90.2 Å². The first-order valence-corrected chi connectivity index (χ1v) is 10.3. The quantitative estimate of drug-likeness (QED) is 0.417. The highest BCUT2D eigenvalue weighted by Crippen LogP contribution is 2.28. The van der Waals surface area contributed by atoms with Crippen molar-refractivity contribution >= 4 is 33.7 Å². The molecule has 2 aromatic carbocycles. The standard InChI is InChI=1S/C23H15N5O2S/c29-21(20-14-31-23(27-20)19-7-3-4-12-24-19)26-16-8-10-17(11-9-16)30-22-18-6-2-1-5-15(18)13-25-28-22/h1-14H,(H,26,29). The first-order chi connectivity index (χ1) is 15.3. The van der Waals surface area contributed by atoms with Crippen LogP contribution in [-0.4, -0.2) is 26.1 Å². The lowest BCUT2D eigenvalue weighted by Crippen LogP contribution is -2.12. The minimum Gasteiger partial charge on any atom is -0.437 e. The molecule has 0 saturated heterocycles. The second-order valence-electron chi connectivity index (χ2n) is 6.57. The SMILES string of the molecule is O=C(Nc1ccc(Oc2nncc3ccccc23)cc1)c1csc(-c2ccccn2)n1. The summed E-state index contributed by atoms with van der Waals surface area (Å²) in [6.07, 6.45) is 3.39. The summed E-state index contributed by atoms with van der Waals surface area (Å²) in [5.41, 5.74) is 1.72. The van der Waals surface area contributed by atoms with Gasteiger partial charge in [0, 0.05) is 28.0 Å². The molecule has 31 heavy (non-hydrogen) atoms. The molecule has 0 aliphatic carbocycles. The third-order valence-corrected chi connectivity index (χ3v) is 5.35. The number of rotatable bonds is 5. The van der Waals surface area contributed by atoms with Gasteiger partial charge in [-0.1, -0.05) is 24.3 Å². The molecule has 0 radical (unpaired) electrons. The number of thiazole rings is 1. The first kappa shape index (κ1) is 18.8. The average molecular weight is 425 g/mol. The van der Waals surface area contributed by atoms with Gasteiger partial charge in [0.2, 0.25) is 5.88 Å². The lowest BCUT2D eigenvalue weighted by molar-refractivity contribution is 0.102. The van der Waals surface area contributed by atoms with Crippen molar-refractivity contribution in [2.45, 2.75) is 0 Å². The maximum atomic E-state index is 12.5. The van der Waals surface area contributed by atoms with Gasteiger partial charge in [-0.05, 0) is 42.5 Å². The monoisotopic (exact) mass is 425 g/mol. The highest BCUT2D eigenvalue weighted by molar-refractivity contribution is 7.13. The van der Waals surface area contributed by atoms with Gasteiger partial charge < -0.3 is 10.1 Å². The minimum absolute atomic E-state index is 0.285. The van der Waals surface area contributed by atoms with Crippen molar-refractivity contribution in [3.63, 3.8) is 0 Å². The topological polar surface area (TPSA) is 89.9 Å². The Morgan fingerprint density at radius 2 is 1.81 bits per heavy atom. The summed E-state index contributed by atoms with van der Waals surface area (Å²) >= 11 is 1.38. The van der Waals surface area contributed by atoms with Gasteiger partial charge >= 0.3 is 0 Å². The molecule has 1 amide bonds. The fraction of sp³-hybridized carbons (Fsp3) is 0. The Balaban J connectivity index is 1.28. The fourth-order valence-electron chi connectivity index (χ4n) is 2.98. The molecule has 0 bridgehead atoms. The summed E-state index contributed by atoms with van der Waals surface area (Å²) in [5.74, 6) is 0.737. The number of aromatic nitrogens is 4. The van der Waals surface area contributed by atoms with Crippen LogP contribution in [0.2, 0.25) is 0 Å². The molecule has 3 heterocycles. The van der Waals surface area contributed by atoms with Crippen LogP contribution in [0.1, 0.15) is 10.5 Å². The van der Waals surface area contributed by atoms with Gasteiger partial charge in [-0.3, -0.25) is 9.78 Å². The molecule has 7 nitrogen and oxygen atoms in total. The lowest BCUT2D eigenvalue weighted by atomic mass is 10.2. The molecule has 1 N–H and O–H groups in total. The molecule has 0 atom stereocenters. The Labute approximate surface area is 181 Å². The van der Waals surface area contributed by atoms with Gasteiger partial charge in [0.25, 0.3) is 5.91 Å². The summed E-state index contributed by atoms with van der Waals surface area (Å²) in [6, 6.07) is 20.4. The molecule has 5 aromatic rings. The van der Waals surface area contributed by atoms with Gasteiger partial charge in [-0.25, -0.2) is 4.98 Å². The summed E-state index contributed by atoms with van der Waals surface area (Å²) in [7, 11) is 0. The average Bonchev–Trinajstić information content (AvgIpc) is 3.32. The summed E-state index contributed by atoms with van der Waals surface area (Å²) < 4.78 is 5.88. The minimum atomic E-state index is -0.285. The van der Waals surface area contributed by atoms with Crippen molar-refractivity contribution < 1.29 is 9.53 Å². The largest absolute Gasteiger partial charge is 0.437 e. The van der Waals surface area contributed by atoms with E-state index in [0.717, 1.165) is 16.5 Å². The van der Waals surface area contributed by atoms with Gasteiger partial charge in [-0.2, -0.15) is 5.10 Å². The maximum Gasteiger partial charge on any atom is 0.275 e. The third kappa shape index (κ3) is 4.10. The number of benzene rings is 2. The number of nitrogens with one attached hydrogen (secondary N) is 1. The zero-order chi connectivity index (χ0) is 21.0. The number of hydrogen-bond acceptors (Lipinski definition) is 7. The van der Waals surface area contributed by atoms with Crippen molar-refractivity contribution in [1.82, 2.24) is 20.2 Å². The number of ether oxygens (including phenoxy) is 1. The zero-order valence-corrected chi connectivity index (χ0v) is 16.9. The van der Waals surface area contributed by atoms with E-state index in [2.05, 4.69) is 25.5 Å². The van der Waals surface area contributed by atoms with E-state index in [9.17, 15) is 4.79 Å². The number of nitrogens with zero attached hydrogens (tertiary/aromatic N) is 4. The number of fused-ring (bicyclic) bond motifs is 1. The molecule has 0 aliphatic rings. The maximum absolute atomic E-state index is 12.5. The number of carbonyl (C=O) groups excluding carboxylic acids is 1.